The molecule has 0 unspecified atom stereocenters. The topological polar surface area (TPSA) is 53.1 Å². The van der Waals surface area contributed by atoms with Gasteiger partial charge in [0, 0.05) is 17.6 Å². The van der Waals surface area contributed by atoms with Gasteiger partial charge in [0.25, 0.3) is 0 Å². The number of benzene rings is 1. The van der Waals surface area contributed by atoms with E-state index in [2.05, 4.69) is 34.8 Å². The number of nitrogens with zero attached hydrogens (tertiary/aromatic N) is 2. The molecule has 0 atom stereocenters. The molecule has 2 N–H and O–H groups in total. The lowest BCUT2D eigenvalue weighted by molar-refractivity contribution is 0.104. The molecule has 1 aromatic heterocycles. The molecule has 4 nitrogen and oxygen atoms in total. The molecule has 0 aliphatic carbocycles. The fourth-order valence-electron chi connectivity index (χ4n) is 1.83. The van der Waals surface area contributed by atoms with Gasteiger partial charge in [-0.05, 0) is 24.1 Å². The molecule has 2 rings (SSSR count). The van der Waals surface area contributed by atoms with Crippen molar-refractivity contribution in [2.75, 3.05) is 18.9 Å². The molecule has 0 fully saturated rings. The number of anilines is 1. The van der Waals surface area contributed by atoms with Gasteiger partial charge >= 0.3 is 0 Å². The molecule has 98 valence electrons. The van der Waals surface area contributed by atoms with Crippen LogP contribution in [0.25, 0.3) is 11.0 Å². The maximum absolute atomic E-state index is 5.93. The van der Waals surface area contributed by atoms with Crippen molar-refractivity contribution < 1.29 is 4.74 Å². The second-order valence-corrected chi connectivity index (χ2v) is 5.64. The fourth-order valence-corrected chi connectivity index (χ4v) is 2.18. The SMILES string of the molecule is CC(C)COCCn1c(N)nc2cc(Br)ccc21. The Balaban J connectivity index is 2.10. The lowest BCUT2D eigenvalue weighted by Crippen LogP contribution is -2.11. The molecule has 0 saturated carbocycles. The van der Waals surface area contributed by atoms with Crippen molar-refractivity contribution in [2.24, 2.45) is 5.92 Å². The van der Waals surface area contributed by atoms with Crippen molar-refractivity contribution in [1.29, 1.82) is 0 Å². The van der Waals surface area contributed by atoms with Crippen molar-refractivity contribution in [2.45, 2.75) is 20.4 Å². The third-order valence-corrected chi connectivity index (χ3v) is 3.14. The van der Waals surface area contributed by atoms with Crippen LogP contribution in [0.15, 0.2) is 22.7 Å². The summed E-state index contributed by atoms with van der Waals surface area (Å²) in [6, 6.07) is 5.98. The van der Waals surface area contributed by atoms with Crippen molar-refractivity contribution in [3.8, 4) is 0 Å². The molecule has 2 aromatic rings. The van der Waals surface area contributed by atoms with Crippen LogP contribution in [0.4, 0.5) is 5.95 Å². The lowest BCUT2D eigenvalue weighted by Gasteiger charge is -2.09. The van der Waals surface area contributed by atoms with Gasteiger partial charge in [-0.3, -0.25) is 0 Å². The van der Waals surface area contributed by atoms with Gasteiger partial charge in [0.2, 0.25) is 5.95 Å². The van der Waals surface area contributed by atoms with Crippen LogP contribution < -0.4 is 5.73 Å². The monoisotopic (exact) mass is 311 g/mol. The molecule has 1 heterocycles. The zero-order chi connectivity index (χ0) is 13.1. The summed E-state index contributed by atoms with van der Waals surface area (Å²) in [5.41, 5.74) is 7.88. The standard InChI is InChI=1S/C13H18BrN3O/c1-9(2)8-18-6-5-17-12-4-3-10(14)7-11(12)16-13(17)15/h3-4,7,9H,5-6,8H2,1-2H3,(H2,15,16). The average molecular weight is 312 g/mol. The highest BCUT2D eigenvalue weighted by molar-refractivity contribution is 9.10. The van der Waals surface area contributed by atoms with E-state index in [4.69, 9.17) is 10.5 Å². The van der Waals surface area contributed by atoms with E-state index in [1.807, 2.05) is 22.8 Å². The highest BCUT2D eigenvalue weighted by Gasteiger charge is 2.08. The zero-order valence-corrected chi connectivity index (χ0v) is 12.3. The molecular formula is C13H18BrN3O. The Hall–Kier alpha value is -1.07. The Morgan fingerprint density at radius 3 is 2.94 bits per heavy atom. The van der Waals surface area contributed by atoms with Crippen LogP contribution in [-0.4, -0.2) is 22.8 Å². The van der Waals surface area contributed by atoms with E-state index in [0.29, 0.717) is 18.5 Å². The summed E-state index contributed by atoms with van der Waals surface area (Å²) >= 11 is 3.43. The van der Waals surface area contributed by atoms with Gasteiger partial charge < -0.3 is 15.0 Å². The highest BCUT2D eigenvalue weighted by Crippen LogP contribution is 2.21. The zero-order valence-electron chi connectivity index (χ0n) is 10.7. The van der Waals surface area contributed by atoms with E-state index >= 15 is 0 Å². The van der Waals surface area contributed by atoms with Crippen molar-refractivity contribution >= 4 is 32.9 Å². The molecule has 5 heteroatoms. The van der Waals surface area contributed by atoms with E-state index in [0.717, 1.165) is 28.7 Å². The largest absolute Gasteiger partial charge is 0.379 e. The van der Waals surface area contributed by atoms with Crippen molar-refractivity contribution in [1.82, 2.24) is 9.55 Å². The second kappa shape index (κ2) is 5.71. The number of ether oxygens (including phenoxy) is 1. The molecule has 1 aromatic carbocycles. The number of rotatable bonds is 5. The first-order chi connectivity index (χ1) is 8.58. The molecular weight excluding hydrogens is 294 g/mol. The third-order valence-electron chi connectivity index (χ3n) is 2.65. The number of fused-ring (bicyclic) bond motifs is 1. The molecule has 18 heavy (non-hydrogen) atoms. The quantitative estimate of drug-likeness (QED) is 0.863. The van der Waals surface area contributed by atoms with Gasteiger partial charge in [-0.15, -0.1) is 0 Å². The second-order valence-electron chi connectivity index (χ2n) is 4.72. The van der Waals surface area contributed by atoms with E-state index in [9.17, 15) is 0 Å². The van der Waals surface area contributed by atoms with Crippen molar-refractivity contribution in [3.63, 3.8) is 0 Å². The van der Waals surface area contributed by atoms with Crippen LogP contribution in [-0.2, 0) is 11.3 Å². The van der Waals surface area contributed by atoms with Gasteiger partial charge in [-0.2, -0.15) is 0 Å². The van der Waals surface area contributed by atoms with Gasteiger partial charge in [0.05, 0.1) is 17.6 Å². The predicted octanol–water partition coefficient (Wildman–Crippen LogP) is 3.05. The number of nitrogen functional groups attached to an aromatic ring is 1. The Morgan fingerprint density at radius 1 is 1.44 bits per heavy atom. The lowest BCUT2D eigenvalue weighted by atomic mass is 10.2. The summed E-state index contributed by atoms with van der Waals surface area (Å²) in [5, 5.41) is 0. The highest BCUT2D eigenvalue weighted by atomic mass is 79.9. The number of halogens is 1. The third kappa shape index (κ3) is 3.03. The summed E-state index contributed by atoms with van der Waals surface area (Å²) in [6.07, 6.45) is 0. The van der Waals surface area contributed by atoms with Crippen molar-refractivity contribution in [3.05, 3.63) is 22.7 Å². The van der Waals surface area contributed by atoms with E-state index in [1.165, 1.54) is 0 Å². The van der Waals surface area contributed by atoms with Gasteiger partial charge in [-0.1, -0.05) is 29.8 Å². The maximum Gasteiger partial charge on any atom is 0.201 e. The van der Waals surface area contributed by atoms with Gasteiger partial charge in [0.1, 0.15) is 0 Å². The fraction of sp³-hybridized carbons (Fsp3) is 0.462. The summed E-state index contributed by atoms with van der Waals surface area (Å²) < 4.78 is 8.58. The number of hydrogen-bond donors (Lipinski definition) is 1. The number of imidazole rings is 1. The molecule has 0 saturated heterocycles. The summed E-state index contributed by atoms with van der Waals surface area (Å²) in [4.78, 5) is 4.34. The van der Waals surface area contributed by atoms with Gasteiger partial charge in [0.15, 0.2) is 0 Å². The first-order valence-electron chi connectivity index (χ1n) is 6.07. The first-order valence-corrected chi connectivity index (χ1v) is 6.86. The summed E-state index contributed by atoms with van der Waals surface area (Å²) in [5.74, 6) is 1.09. The number of aromatic nitrogens is 2. The predicted molar refractivity (Wildman–Crippen MR) is 77.5 cm³/mol. The Morgan fingerprint density at radius 2 is 2.22 bits per heavy atom. The molecule has 0 radical (unpaired) electrons. The van der Waals surface area contributed by atoms with Crippen LogP contribution >= 0.6 is 15.9 Å². The minimum Gasteiger partial charge on any atom is -0.379 e. The summed E-state index contributed by atoms with van der Waals surface area (Å²) in [7, 11) is 0. The minimum absolute atomic E-state index is 0.538. The van der Waals surface area contributed by atoms with Crippen LogP contribution in [0.2, 0.25) is 0 Å². The van der Waals surface area contributed by atoms with E-state index in [-0.39, 0.29) is 0 Å². The smallest absolute Gasteiger partial charge is 0.201 e. The number of nitrogens with two attached hydrogens (primary N) is 1. The molecule has 0 aliphatic rings. The molecule has 0 aliphatic heterocycles. The number of hydrogen-bond acceptors (Lipinski definition) is 3. The van der Waals surface area contributed by atoms with Crippen LogP contribution in [0, 0.1) is 5.92 Å². The Kier molecular flexibility index (Phi) is 4.24. The average Bonchev–Trinajstić information content (AvgIpc) is 2.59. The van der Waals surface area contributed by atoms with E-state index in [1.54, 1.807) is 0 Å². The first kappa shape index (κ1) is 13.4. The van der Waals surface area contributed by atoms with Gasteiger partial charge in [-0.25, -0.2) is 4.98 Å². The minimum atomic E-state index is 0.538. The van der Waals surface area contributed by atoms with Crippen LogP contribution in [0.1, 0.15) is 13.8 Å². The van der Waals surface area contributed by atoms with Crippen LogP contribution in [0.3, 0.4) is 0 Å². The molecule has 0 spiro atoms. The molecule has 0 bridgehead atoms. The van der Waals surface area contributed by atoms with E-state index < -0.39 is 0 Å². The van der Waals surface area contributed by atoms with Crippen LogP contribution in [0.5, 0.6) is 0 Å². The Bertz CT molecular complexity index is 536. The molecule has 0 amide bonds. The Labute approximate surface area is 115 Å². The normalized spacial score (nSPS) is 11.6. The summed E-state index contributed by atoms with van der Waals surface area (Å²) in [6.45, 7) is 6.44. The maximum atomic E-state index is 5.93.